The van der Waals surface area contributed by atoms with Crippen LogP contribution >= 0.6 is 0 Å². The lowest BCUT2D eigenvalue weighted by atomic mass is 9.57. The fourth-order valence-corrected chi connectivity index (χ4v) is 5.62. The van der Waals surface area contributed by atoms with E-state index in [1.807, 2.05) is 4.90 Å². The van der Waals surface area contributed by atoms with Crippen LogP contribution in [0.1, 0.15) is 51.9 Å². The van der Waals surface area contributed by atoms with Crippen LogP contribution in [0.5, 0.6) is 0 Å². The van der Waals surface area contributed by atoms with E-state index in [4.69, 9.17) is 0 Å². The highest BCUT2D eigenvalue weighted by atomic mass is 16.2. The summed E-state index contributed by atoms with van der Waals surface area (Å²) in [6.07, 6.45) is 10.4. The van der Waals surface area contributed by atoms with E-state index in [1.54, 1.807) is 12.5 Å². The summed E-state index contributed by atoms with van der Waals surface area (Å²) in [7, 11) is 0. The van der Waals surface area contributed by atoms with Gasteiger partial charge >= 0.3 is 6.03 Å². The molecule has 3 unspecified atom stereocenters. The summed E-state index contributed by atoms with van der Waals surface area (Å²) in [6, 6.07) is 0.00606. The van der Waals surface area contributed by atoms with Crippen molar-refractivity contribution in [3.8, 4) is 0 Å². The third-order valence-electron chi connectivity index (χ3n) is 6.55. The number of nitrogens with zero attached hydrogens (tertiary/aromatic N) is 1. The van der Waals surface area contributed by atoms with Gasteiger partial charge in [0.1, 0.15) is 0 Å². The highest BCUT2D eigenvalue weighted by Crippen LogP contribution is 2.52. The SMILES string of the molecule is CC(=O)N1CCC(CNC(=O)NC23CC4=CC(CC(C4)C2)C3)CC1. The average Bonchev–Trinajstić information content (AvgIpc) is 2.51. The normalized spacial score (nSPS) is 34.9. The third-order valence-corrected chi connectivity index (χ3v) is 6.55. The minimum absolute atomic E-state index is 0.00606. The summed E-state index contributed by atoms with van der Waals surface area (Å²) in [4.78, 5) is 25.7. The van der Waals surface area contributed by atoms with Gasteiger partial charge in [0.2, 0.25) is 5.91 Å². The molecule has 0 spiro atoms. The Bertz CT molecular complexity index is 565. The van der Waals surface area contributed by atoms with Crippen molar-refractivity contribution in [2.75, 3.05) is 19.6 Å². The lowest BCUT2D eigenvalue weighted by Crippen LogP contribution is -2.59. The fourth-order valence-electron chi connectivity index (χ4n) is 5.62. The molecule has 0 radical (unpaired) electrons. The third kappa shape index (κ3) is 3.17. The molecule has 3 fully saturated rings. The molecule has 0 aromatic rings. The molecule has 1 aliphatic heterocycles. The molecule has 0 aromatic carbocycles. The first-order valence-electron chi connectivity index (χ1n) is 9.52. The Labute approximate surface area is 144 Å². The van der Waals surface area contributed by atoms with Gasteiger partial charge in [-0.2, -0.15) is 0 Å². The lowest BCUT2D eigenvalue weighted by molar-refractivity contribution is -0.130. The van der Waals surface area contributed by atoms with Crippen molar-refractivity contribution >= 4 is 11.9 Å². The summed E-state index contributed by atoms with van der Waals surface area (Å²) in [5, 5.41) is 6.43. The summed E-state index contributed by atoms with van der Waals surface area (Å²) < 4.78 is 0. The van der Waals surface area contributed by atoms with E-state index in [0.717, 1.165) is 57.7 Å². The number of allylic oxidation sites excluding steroid dienone is 1. The first kappa shape index (κ1) is 16.0. The number of likely N-dealkylation sites (tertiary alicyclic amines) is 1. The number of amides is 3. The van der Waals surface area contributed by atoms with E-state index in [-0.39, 0.29) is 17.5 Å². The smallest absolute Gasteiger partial charge is 0.315 e. The Kier molecular flexibility index (Phi) is 4.05. The molecule has 1 heterocycles. The van der Waals surface area contributed by atoms with Crippen molar-refractivity contribution in [1.29, 1.82) is 0 Å². The van der Waals surface area contributed by atoms with E-state index in [9.17, 15) is 9.59 Å². The summed E-state index contributed by atoms with van der Waals surface area (Å²) in [6.45, 7) is 4.01. The second-order valence-corrected chi connectivity index (χ2v) is 8.54. The summed E-state index contributed by atoms with van der Waals surface area (Å²) in [5.41, 5.74) is 1.60. The minimum Gasteiger partial charge on any atom is -0.343 e. The number of carbonyl (C=O) groups is 2. The molecule has 132 valence electrons. The van der Waals surface area contributed by atoms with Crippen molar-refractivity contribution in [1.82, 2.24) is 15.5 Å². The molecule has 5 nitrogen and oxygen atoms in total. The molecule has 3 atom stereocenters. The molecule has 2 saturated carbocycles. The van der Waals surface area contributed by atoms with Crippen LogP contribution in [0, 0.1) is 17.8 Å². The molecular formula is C19H29N3O2. The topological polar surface area (TPSA) is 61.4 Å². The van der Waals surface area contributed by atoms with Crippen LogP contribution in [0.15, 0.2) is 11.6 Å². The average molecular weight is 331 g/mol. The molecule has 5 heteroatoms. The van der Waals surface area contributed by atoms with E-state index >= 15 is 0 Å². The lowest BCUT2D eigenvalue weighted by Gasteiger charge is -2.52. The maximum absolute atomic E-state index is 12.4. The maximum atomic E-state index is 12.4. The van der Waals surface area contributed by atoms with Gasteiger partial charge in [-0.3, -0.25) is 4.79 Å². The largest absolute Gasteiger partial charge is 0.343 e. The van der Waals surface area contributed by atoms with Gasteiger partial charge in [-0.15, -0.1) is 0 Å². The second kappa shape index (κ2) is 6.08. The molecule has 24 heavy (non-hydrogen) atoms. The van der Waals surface area contributed by atoms with Crippen LogP contribution in [-0.2, 0) is 4.79 Å². The van der Waals surface area contributed by atoms with E-state index in [0.29, 0.717) is 11.8 Å². The van der Waals surface area contributed by atoms with Crippen molar-refractivity contribution in [3.05, 3.63) is 11.6 Å². The van der Waals surface area contributed by atoms with E-state index < -0.39 is 0 Å². The Morgan fingerprint density at radius 3 is 2.75 bits per heavy atom. The zero-order chi connectivity index (χ0) is 16.7. The standard InChI is InChI=1S/C19H29N3O2/c1-13(23)22-4-2-14(3-5-22)12-20-18(24)21-19-9-15-6-16(10-19)8-17(7-15)11-19/h6,14-15,17H,2-5,7-12H2,1H3,(H2,20,21,24). The number of nitrogens with one attached hydrogen (secondary N) is 2. The number of urea groups is 1. The van der Waals surface area contributed by atoms with Gasteiger partial charge < -0.3 is 15.5 Å². The van der Waals surface area contributed by atoms with Crippen molar-refractivity contribution in [2.24, 2.45) is 17.8 Å². The summed E-state index contributed by atoms with van der Waals surface area (Å²) in [5.74, 6) is 2.13. The van der Waals surface area contributed by atoms with Crippen molar-refractivity contribution in [2.45, 2.75) is 57.4 Å². The number of piperidine rings is 1. The van der Waals surface area contributed by atoms with Crippen molar-refractivity contribution in [3.63, 3.8) is 0 Å². The Hall–Kier alpha value is -1.52. The minimum atomic E-state index is 0.00606. The molecule has 5 aliphatic rings. The van der Waals surface area contributed by atoms with Crippen LogP contribution in [0.3, 0.4) is 0 Å². The molecule has 2 N–H and O–H groups in total. The number of rotatable bonds is 3. The number of carbonyl (C=O) groups excluding carboxylic acids is 2. The van der Waals surface area contributed by atoms with Gasteiger partial charge in [0, 0.05) is 32.1 Å². The Morgan fingerprint density at radius 2 is 2.08 bits per heavy atom. The molecular weight excluding hydrogens is 302 g/mol. The number of hydrogen-bond acceptors (Lipinski definition) is 2. The Morgan fingerprint density at radius 1 is 1.29 bits per heavy atom. The molecule has 4 bridgehead atoms. The van der Waals surface area contributed by atoms with Crippen LogP contribution in [0.4, 0.5) is 4.79 Å². The van der Waals surface area contributed by atoms with Gasteiger partial charge in [-0.05, 0) is 62.7 Å². The van der Waals surface area contributed by atoms with Gasteiger partial charge in [0.25, 0.3) is 0 Å². The first-order valence-corrected chi connectivity index (χ1v) is 9.52. The predicted molar refractivity (Wildman–Crippen MR) is 92.4 cm³/mol. The molecule has 3 amide bonds. The second-order valence-electron chi connectivity index (χ2n) is 8.54. The zero-order valence-electron chi connectivity index (χ0n) is 14.6. The van der Waals surface area contributed by atoms with E-state index in [1.165, 1.54) is 12.8 Å². The van der Waals surface area contributed by atoms with Gasteiger partial charge in [0.05, 0.1) is 0 Å². The quantitative estimate of drug-likeness (QED) is 0.780. The zero-order valence-corrected chi connectivity index (χ0v) is 14.6. The van der Waals surface area contributed by atoms with Gasteiger partial charge in [0.15, 0.2) is 0 Å². The van der Waals surface area contributed by atoms with Gasteiger partial charge in [-0.1, -0.05) is 11.6 Å². The predicted octanol–water partition coefficient (Wildman–Crippen LogP) is 2.43. The highest BCUT2D eigenvalue weighted by Gasteiger charge is 2.48. The molecule has 5 rings (SSSR count). The number of hydrogen-bond donors (Lipinski definition) is 2. The van der Waals surface area contributed by atoms with Gasteiger partial charge in [-0.25, -0.2) is 4.79 Å². The monoisotopic (exact) mass is 331 g/mol. The van der Waals surface area contributed by atoms with Crippen molar-refractivity contribution < 1.29 is 9.59 Å². The fraction of sp³-hybridized carbons (Fsp3) is 0.789. The maximum Gasteiger partial charge on any atom is 0.315 e. The Balaban J connectivity index is 1.25. The molecule has 4 aliphatic carbocycles. The molecule has 1 saturated heterocycles. The highest BCUT2D eigenvalue weighted by molar-refractivity contribution is 5.75. The van der Waals surface area contributed by atoms with E-state index in [2.05, 4.69) is 16.7 Å². The summed E-state index contributed by atoms with van der Waals surface area (Å²) >= 11 is 0. The molecule has 0 aromatic heterocycles. The first-order chi connectivity index (χ1) is 11.5. The van der Waals surface area contributed by atoms with Crippen LogP contribution < -0.4 is 10.6 Å². The van der Waals surface area contributed by atoms with Crippen LogP contribution in [0.25, 0.3) is 0 Å². The van der Waals surface area contributed by atoms with Crippen LogP contribution in [0.2, 0.25) is 0 Å². The van der Waals surface area contributed by atoms with Crippen LogP contribution in [-0.4, -0.2) is 42.0 Å².